The molecule has 0 unspecified atom stereocenters. The van der Waals surface area contributed by atoms with Gasteiger partial charge in [0.1, 0.15) is 5.78 Å². The van der Waals surface area contributed by atoms with Crippen molar-refractivity contribution in [2.24, 2.45) is 0 Å². The van der Waals surface area contributed by atoms with Crippen LogP contribution in [-0.2, 0) is 71.2 Å². The van der Waals surface area contributed by atoms with Crippen LogP contribution in [0.1, 0.15) is 45.4 Å². The van der Waals surface area contributed by atoms with Gasteiger partial charge in [0.25, 0.3) is 0 Å². The van der Waals surface area contributed by atoms with Crippen LogP contribution in [-0.4, -0.2) is 195 Å². The van der Waals surface area contributed by atoms with E-state index in [4.69, 9.17) is 56.8 Å². The van der Waals surface area contributed by atoms with Gasteiger partial charge in [-0.2, -0.15) is 12.6 Å². The van der Waals surface area contributed by atoms with Gasteiger partial charge in [0.2, 0.25) is 11.8 Å². The van der Waals surface area contributed by atoms with E-state index in [9.17, 15) is 14.4 Å². The summed E-state index contributed by atoms with van der Waals surface area (Å²) < 4.78 is 65.5. The van der Waals surface area contributed by atoms with Crippen LogP contribution < -0.4 is 10.6 Å². The fourth-order valence-electron chi connectivity index (χ4n) is 4.05. The number of amides is 2. The Bertz CT molecular complexity index is 836. The number of hydrogen-bond donors (Lipinski definition) is 3. The summed E-state index contributed by atoms with van der Waals surface area (Å²) in [5, 5.41) is 5.14. The van der Waals surface area contributed by atoms with Gasteiger partial charge in [-0.15, -0.1) is 0 Å². The summed E-state index contributed by atoms with van der Waals surface area (Å²) in [6.07, 6.45) is 3.43. The van der Waals surface area contributed by atoms with E-state index in [-0.39, 0.29) is 37.0 Å². The van der Waals surface area contributed by atoms with Gasteiger partial charge in [-0.25, -0.2) is 0 Å². The number of thiol groups is 1. The number of carbonyl (C=O) groups is 3. The molecule has 0 saturated heterocycles. The SMILES string of the molecule is CCCCOCCOCCOCCOCCOCCOCCOCCOCCOCCOCCOCCOCCC(=O)CCCC(=O)NCC(=O)NCCS. The second-order valence-corrected chi connectivity index (χ2v) is 12.1. The van der Waals surface area contributed by atoms with Crippen molar-refractivity contribution in [1.29, 1.82) is 0 Å². The number of ether oxygens (including phenoxy) is 12. The Morgan fingerprint density at radius 2 is 0.709 bits per heavy atom. The number of hydrogen-bond acceptors (Lipinski definition) is 16. The average Bonchev–Trinajstić information content (AvgIpc) is 3.18. The monoisotopic (exact) mass is 816 g/mol. The maximum absolute atomic E-state index is 11.9. The van der Waals surface area contributed by atoms with E-state index in [0.29, 0.717) is 177 Å². The van der Waals surface area contributed by atoms with Gasteiger partial charge in [0, 0.05) is 38.2 Å². The molecule has 0 aliphatic rings. The first-order valence-electron chi connectivity index (χ1n) is 19.7. The van der Waals surface area contributed by atoms with Gasteiger partial charge in [0.05, 0.1) is 159 Å². The van der Waals surface area contributed by atoms with E-state index in [2.05, 4.69) is 30.2 Å². The lowest BCUT2D eigenvalue weighted by atomic mass is 10.1. The molecule has 0 spiro atoms. The summed E-state index contributed by atoms with van der Waals surface area (Å²) in [6, 6.07) is 0. The zero-order valence-electron chi connectivity index (χ0n) is 33.4. The number of rotatable bonds is 47. The van der Waals surface area contributed by atoms with Crippen LogP contribution >= 0.6 is 12.6 Å². The summed E-state index contributed by atoms with van der Waals surface area (Å²) in [7, 11) is 0. The minimum absolute atomic E-state index is 0.0292. The van der Waals surface area contributed by atoms with Crippen molar-refractivity contribution in [3.8, 4) is 0 Å². The van der Waals surface area contributed by atoms with Gasteiger partial charge in [-0.3, -0.25) is 14.4 Å². The maximum atomic E-state index is 11.9. The van der Waals surface area contributed by atoms with E-state index in [1.54, 1.807) is 0 Å². The van der Waals surface area contributed by atoms with Crippen molar-refractivity contribution in [2.45, 2.75) is 45.4 Å². The van der Waals surface area contributed by atoms with Gasteiger partial charge in [-0.1, -0.05) is 13.3 Å². The molecule has 0 aliphatic heterocycles. The Hall–Kier alpha value is -1.52. The summed E-state index contributed by atoms with van der Waals surface area (Å²) in [4.78, 5) is 35.1. The molecule has 0 aromatic rings. The van der Waals surface area contributed by atoms with Crippen LogP contribution in [0.4, 0.5) is 0 Å². The molecular weight excluding hydrogens is 744 g/mol. The van der Waals surface area contributed by atoms with Crippen LogP contribution in [0.15, 0.2) is 0 Å². The smallest absolute Gasteiger partial charge is 0.239 e. The number of Topliss-reactive ketones (excluding diaryl/α,β-unsaturated/α-hetero) is 1. The van der Waals surface area contributed by atoms with Crippen molar-refractivity contribution in [3.63, 3.8) is 0 Å². The molecule has 0 aliphatic carbocycles. The van der Waals surface area contributed by atoms with Crippen molar-refractivity contribution >= 4 is 30.2 Å². The maximum Gasteiger partial charge on any atom is 0.239 e. The van der Waals surface area contributed by atoms with E-state index in [0.717, 1.165) is 19.4 Å². The van der Waals surface area contributed by atoms with E-state index < -0.39 is 0 Å². The minimum atomic E-state index is -0.263. The molecule has 18 heteroatoms. The Morgan fingerprint density at radius 1 is 0.382 bits per heavy atom. The number of carbonyl (C=O) groups excluding carboxylic acids is 3. The number of ketones is 1. The fraction of sp³-hybridized carbons (Fsp3) is 0.919. The number of unbranched alkanes of at least 4 members (excludes halogenated alkanes) is 1. The summed E-state index contributed by atoms with van der Waals surface area (Å²) in [5.41, 5.74) is 0. The van der Waals surface area contributed by atoms with Crippen molar-refractivity contribution in [1.82, 2.24) is 10.6 Å². The van der Waals surface area contributed by atoms with Crippen LogP contribution in [0.3, 0.4) is 0 Å². The van der Waals surface area contributed by atoms with Crippen LogP contribution in [0.25, 0.3) is 0 Å². The van der Waals surface area contributed by atoms with Crippen molar-refractivity contribution in [3.05, 3.63) is 0 Å². The highest BCUT2D eigenvalue weighted by atomic mass is 32.1. The molecule has 2 N–H and O–H groups in total. The predicted octanol–water partition coefficient (Wildman–Crippen LogP) is 1.28. The standard InChI is InChI=1S/C37H72N2O15S/c1-2-3-9-43-11-13-45-15-17-47-19-21-49-23-25-51-27-29-53-31-32-54-30-28-52-26-24-50-22-20-48-18-16-46-14-12-44-10-7-35(40)5-4-6-36(41)39-34-37(42)38-8-33-55/h55H,2-34H2,1H3,(H,38,42)(H,39,41). The van der Waals surface area contributed by atoms with Crippen molar-refractivity contribution < 1.29 is 71.2 Å². The molecule has 17 nitrogen and oxygen atoms in total. The Kier molecular flexibility index (Phi) is 45.6. The normalized spacial score (nSPS) is 11.3. The first-order chi connectivity index (χ1) is 27.1. The highest BCUT2D eigenvalue weighted by molar-refractivity contribution is 7.80. The third-order valence-electron chi connectivity index (χ3n) is 7.00. The summed E-state index contributed by atoms with van der Waals surface area (Å²) in [6.45, 7) is 14.5. The summed E-state index contributed by atoms with van der Waals surface area (Å²) >= 11 is 4.00. The third kappa shape index (κ3) is 46.8. The quantitative estimate of drug-likeness (QED) is 0.0589. The van der Waals surface area contributed by atoms with Crippen LogP contribution in [0.5, 0.6) is 0 Å². The van der Waals surface area contributed by atoms with E-state index >= 15 is 0 Å². The van der Waals surface area contributed by atoms with Gasteiger partial charge in [-0.05, 0) is 12.8 Å². The third-order valence-corrected chi connectivity index (χ3v) is 7.22. The molecule has 0 fully saturated rings. The van der Waals surface area contributed by atoms with Gasteiger partial charge < -0.3 is 67.5 Å². The molecule has 0 radical (unpaired) electrons. The van der Waals surface area contributed by atoms with Crippen molar-refractivity contribution in [2.75, 3.05) is 177 Å². The molecule has 0 rings (SSSR count). The van der Waals surface area contributed by atoms with Crippen LogP contribution in [0, 0.1) is 0 Å². The molecule has 0 atom stereocenters. The predicted molar refractivity (Wildman–Crippen MR) is 208 cm³/mol. The first kappa shape index (κ1) is 53.5. The molecule has 0 bridgehead atoms. The lowest BCUT2D eigenvalue weighted by Crippen LogP contribution is -2.37. The molecule has 0 saturated carbocycles. The average molecular weight is 817 g/mol. The summed E-state index contributed by atoms with van der Waals surface area (Å²) in [5.74, 6) is 0.0423. The second kappa shape index (κ2) is 46.9. The van der Waals surface area contributed by atoms with Gasteiger partial charge in [0.15, 0.2) is 0 Å². The van der Waals surface area contributed by atoms with E-state index in [1.807, 2.05) is 0 Å². The Labute approximate surface area is 334 Å². The lowest BCUT2D eigenvalue weighted by Gasteiger charge is -2.09. The molecule has 0 heterocycles. The molecule has 55 heavy (non-hydrogen) atoms. The van der Waals surface area contributed by atoms with E-state index in [1.165, 1.54) is 0 Å². The van der Waals surface area contributed by atoms with Crippen LogP contribution in [0.2, 0.25) is 0 Å². The first-order valence-corrected chi connectivity index (χ1v) is 20.3. The Balaban J connectivity index is 3.17. The fourth-order valence-corrected chi connectivity index (χ4v) is 4.16. The zero-order valence-corrected chi connectivity index (χ0v) is 34.3. The van der Waals surface area contributed by atoms with Gasteiger partial charge >= 0.3 is 0 Å². The Morgan fingerprint density at radius 3 is 1.04 bits per heavy atom. The second-order valence-electron chi connectivity index (χ2n) is 11.7. The highest BCUT2D eigenvalue weighted by Crippen LogP contribution is 2.00. The topological polar surface area (TPSA) is 186 Å². The highest BCUT2D eigenvalue weighted by Gasteiger charge is 2.08. The molecule has 0 aromatic heterocycles. The zero-order chi connectivity index (χ0) is 40.0. The number of nitrogens with one attached hydrogen (secondary N) is 2. The molecule has 0 aromatic carbocycles. The largest absolute Gasteiger partial charge is 0.379 e. The lowest BCUT2D eigenvalue weighted by molar-refractivity contribution is -0.126. The molecular formula is C37H72N2O15S. The molecule has 326 valence electrons. The molecule has 2 amide bonds. The minimum Gasteiger partial charge on any atom is -0.379 e.